The fraction of sp³-hybridized carbons (Fsp3) is 0.647. The van der Waals surface area contributed by atoms with Crippen LogP contribution in [-0.4, -0.2) is 48.6 Å². The Morgan fingerprint density at radius 3 is 2.90 bits per heavy atom. The second-order valence-electron chi connectivity index (χ2n) is 6.31. The van der Waals surface area contributed by atoms with Gasteiger partial charge < -0.3 is 4.90 Å². The lowest BCUT2D eigenvalue weighted by atomic mass is 10.1. The summed E-state index contributed by atoms with van der Waals surface area (Å²) in [6.07, 6.45) is 5.07. The molecule has 2 saturated heterocycles. The van der Waals surface area contributed by atoms with Crippen LogP contribution in [0.5, 0.6) is 0 Å². The number of rotatable bonds is 3. The largest absolute Gasteiger partial charge is 0.301 e. The molecule has 0 radical (unpaired) electrons. The first-order valence-corrected chi connectivity index (χ1v) is 7.94. The highest BCUT2D eigenvalue weighted by atomic mass is 19.1. The molecule has 1 aromatic carbocycles. The summed E-state index contributed by atoms with van der Waals surface area (Å²) in [5.41, 5.74) is 2.38. The van der Waals surface area contributed by atoms with Crippen molar-refractivity contribution in [1.82, 2.24) is 9.80 Å². The van der Waals surface area contributed by atoms with Gasteiger partial charge in [0, 0.05) is 19.1 Å². The zero-order chi connectivity index (χ0) is 13.9. The molecule has 3 rings (SSSR count). The number of hydrogen-bond donors (Lipinski definition) is 0. The van der Waals surface area contributed by atoms with Gasteiger partial charge in [-0.2, -0.15) is 0 Å². The Hall–Kier alpha value is -0.930. The molecule has 1 unspecified atom stereocenters. The molecule has 20 heavy (non-hydrogen) atoms. The van der Waals surface area contributed by atoms with Crippen LogP contribution in [0.15, 0.2) is 18.2 Å². The van der Waals surface area contributed by atoms with Crippen LogP contribution in [-0.2, 0) is 6.42 Å². The van der Waals surface area contributed by atoms with Crippen molar-refractivity contribution in [3.63, 3.8) is 0 Å². The Bertz CT molecular complexity index is 460. The van der Waals surface area contributed by atoms with Crippen LogP contribution in [0.4, 0.5) is 4.39 Å². The first kappa shape index (κ1) is 14.0. The number of aryl methyl sites for hydroxylation is 1. The molecule has 0 saturated carbocycles. The molecule has 1 atom stereocenters. The summed E-state index contributed by atoms with van der Waals surface area (Å²) in [6.45, 7) is 8.14. The van der Waals surface area contributed by atoms with Gasteiger partial charge in [-0.05, 0) is 75.5 Å². The fourth-order valence-electron chi connectivity index (χ4n) is 3.70. The van der Waals surface area contributed by atoms with Crippen molar-refractivity contribution in [1.29, 1.82) is 0 Å². The summed E-state index contributed by atoms with van der Waals surface area (Å²) in [5.74, 6) is -0.123. The van der Waals surface area contributed by atoms with E-state index >= 15 is 0 Å². The summed E-state index contributed by atoms with van der Waals surface area (Å²) < 4.78 is 13.1. The van der Waals surface area contributed by atoms with E-state index in [4.69, 9.17) is 0 Å². The molecule has 0 spiro atoms. The van der Waals surface area contributed by atoms with Gasteiger partial charge in [0.05, 0.1) is 0 Å². The molecule has 2 fully saturated rings. The summed E-state index contributed by atoms with van der Waals surface area (Å²) in [6, 6.07) is 5.97. The van der Waals surface area contributed by atoms with Crippen molar-refractivity contribution in [2.45, 2.75) is 38.6 Å². The SMILES string of the molecule is Cc1cc(F)ccc1CCN1CCCN2CCCC2C1. The fourth-order valence-corrected chi connectivity index (χ4v) is 3.70. The molecule has 0 bridgehead atoms. The first-order valence-electron chi connectivity index (χ1n) is 7.94. The van der Waals surface area contributed by atoms with E-state index in [0.717, 1.165) is 24.6 Å². The van der Waals surface area contributed by atoms with Crippen molar-refractivity contribution >= 4 is 0 Å². The maximum Gasteiger partial charge on any atom is 0.123 e. The molecule has 0 amide bonds. The van der Waals surface area contributed by atoms with Crippen LogP contribution in [0.25, 0.3) is 0 Å². The van der Waals surface area contributed by atoms with Gasteiger partial charge in [0.2, 0.25) is 0 Å². The lowest BCUT2D eigenvalue weighted by Gasteiger charge is -2.25. The molecule has 2 aliphatic rings. The van der Waals surface area contributed by atoms with E-state index < -0.39 is 0 Å². The predicted molar refractivity (Wildman–Crippen MR) is 80.5 cm³/mol. The minimum atomic E-state index is -0.123. The van der Waals surface area contributed by atoms with E-state index in [-0.39, 0.29) is 5.82 Å². The summed E-state index contributed by atoms with van der Waals surface area (Å²) in [5, 5.41) is 0. The van der Waals surface area contributed by atoms with E-state index in [1.54, 1.807) is 12.1 Å². The lowest BCUT2D eigenvalue weighted by molar-refractivity contribution is 0.221. The van der Waals surface area contributed by atoms with Crippen LogP contribution in [0.1, 0.15) is 30.4 Å². The van der Waals surface area contributed by atoms with Crippen LogP contribution < -0.4 is 0 Å². The summed E-state index contributed by atoms with van der Waals surface area (Å²) in [4.78, 5) is 5.28. The minimum Gasteiger partial charge on any atom is -0.301 e. The maximum atomic E-state index is 13.1. The standard InChI is InChI=1S/C17H25FN2/c1-14-12-16(18)6-5-15(14)7-11-19-8-3-10-20-9-2-4-17(20)13-19/h5-6,12,17H,2-4,7-11,13H2,1H3. The Balaban J connectivity index is 1.57. The molecule has 2 heterocycles. The van der Waals surface area contributed by atoms with Crippen LogP contribution in [0.2, 0.25) is 0 Å². The molecular formula is C17H25FN2. The lowest BCUT2D eigenvalue weighted by Crippen LogP contribution is -2.37. The Kier molecular flexibility index (Phi) is 4.37. The highest BCUT2D eigenvalue weighted by Crippen LogP contribution is 2.21. The topological polar surface area (TPSA) is 6.48 Å². The van der Waals surface area contributed by atoms with E-state index in [0.29, 0.717) is 0 Å². The second-order valence-corrected chi connectivity index (χ2v) is 6.31. The summed E-state index contributed by atoms with van der Waals surface area (Å²) >= 11 is 0. The first-order chi connectivity index (χ1) is 9.72. The average molecular weight is 276 g/mol. The van der Waals surface area contributed by atoms with Crippen molar-refractivity contribution < 1.29 is 4.39 Å². The molecule has 0 aliphatic carbocycles. The van der Waals surface area contributed by atoms with Crippen molar-refractivity contribution in [3.05, 3.63) is 35.1 Å². The number of hydrogen-bond acceptors (Lipinski definition) is 2. The Morgan fingerprint density at radius 2 is 2.05 bits per heavy atom. The van der Waals surface area contributed by atoms with E-state index in [2.05, 4.69) is 9.80 Å². The van der Waals surface area contributed by atoms with Gasteiger partial charge in [0.15, 0.2) is 0 Å². The van der Waals surface area contributed by atoms with Crippen molar-refractivity contribution in [2.75, 3.05) is 32.7 Å². The quantitative estimate of drug-likeness (QED) is 0.837. The third-order valence-electron chi connectivity index (χ3n) is 4.89. The van der Waals surface area contributed by atoms with Crippen LogP contribution in [0.3, 0.4) is 0 Å². The molecule has 1 aromatic rings. The van der Waals surface area contributed by atoms with Crippen LogP contribution >= 0.6 is 0 Å². The third kappa shape index (κ3) is 3.21. The number of fused-ring (bicyclic) bond motifs is 1. The third-order valence-corrected chi connectivity index (χ3v) is 4.89. The van der Waals surface area contributed by atoms with Crippen molar-refractivity contribution in [2.24, 2.45) is 0 Å². The minimum absolute atomic E-state index is 0.123. The summed E-state index contributed by atoms with van der Waals surface area (Å²) in [7, 11) is 0. The zero-order valence-corrected chi connectivity index (χ0v) is 12.4. The average Bonchev–Trinajstić information content (AvgIpc) is 2.76. The van der Waals surface area contributed by atoms with Gasteiger partial charge in [0.25, 0.3) is 0 Å². The molecule has 110 valence electrons. The molecule has 0 N–H and O–H groups in total. The van der Waals surface area contributed by atoms with Gasteiger partial charge >= 0.3 is 0 Å². The van der Waals surface area contributed by atoms with Gasteiger partial charge in [-0.1, -0.05) is 6.07 Å². The smallest absolute Gasteiger partial charge is 0.123 e. The van der Waals surface area contributed by atoms with Gasteiger partial charge in [-0.25, -0.2) is 4.39 Å². The number of halogens is 1. The van der Waals surface area contributed by atoms with E-state index in [1.165, 1.54) is 51.0 Å². The monoisotopic (exact) mass is 276 g/mol. The zero-order valence-electron chi connectivity index (χ0n) is 12.4. The second kappa shape index (κ2) is 6.23. The van der Waals surface area contributed by atoms with Gasteiger partial charge in [-0.3, -0.25) is 4.90 Å². The molecule has 3 heteroatoms. The highest BCUT2D eigenvalue weighted by Gasteiger charge is 2.28. The molecule has 0 aromatic heterocycles. The predicted octanol–water partition coefficient (Wildman–Crippen LogP) is 2.85. The Labute approximate surface area is 121 Å². The van der Waals surface area contributed by atoms with E-state index in [1.807, 2.05) is 13.0 Å². The number of nitrogens with zero attached hydrogens (tertiary/aromatic N) is 2. The Morgan fingerprint density at radius 1 is 1.20 bits per heavy atom. The van der Waals surface area contributed by atoms with Gasteiger partial charge in [-0.15, -0.1) is 0 Å². The highest BCUT2D eigenvalue weighted by molar-refractivity contribution is 5.26. The normalized spacial score (nSPS) is 24.6. The molecule has 2 aliphatic heterocycles. The molecular weight excluding hydrogens is 251 g/mol. The van der Waals surface area contributed by atoms with E-state index in [9.17, 15) is 4.39 Å². The molecule has 2 nitrogen and oxygen atoms in total. The number of benzene rings is 1. The van der Waals surface area contributed by atoms with Gasteiger partial charge in [0.1, 0.15) is 5.82 Å². The van der Waals surface area contributed by atoms with Crippen molar-refractivity contribution in [3.8, 4) is 0 Å². The van der Waals surface area contributed by atoms with Crippen LogP contribution in [0, 0.1) is 12.7 Å². The maximum absolute atomic E-state index is 13.1.